The third-order valence-corrected chi connectivity index (χ3v) is 3.11. The maximum absolute atomic E-state index is 11.5. The van der Waals surface area contributed by atoms with E-state index in [-0.39, 0.29) is 5.91 Å². The molecule has 0 aromatic carbocycles. The Balaban J connectivity index is 1.79. The summed E-state index contributed by atoms with van der Waals surface area (Å²) in [5.74, 6) is 1.53. The number of pyridine rings is 1. The van der Waals surface area contributed by atoms with Crippen LogP contribution >= 0.6 is 22.6 Å². The maximum Gasteiger partial charge on any atom is 0.225 e. The second kappa shape index (κ2) is 4.92. The largest absolute Gasteiger partial charge is 0.311 e. The lowest BCUT2D eigenvalue weighted by atomic mass is 10.2. The van der Waals surface area contributed by atoms with E-state index in [0.717, 1.165) is 15.9 Å². The summed E-state index contributed by atoms with van der Waals surface area (Å²) in [5, 5.41) is 2.80. The molecule has 0 unspecified atom stereocenters. The molecule has 4 heteroatoms. The Bertz CT molecular complexity index is 346. The van der Waals surface area contributed by atoms with Gasteiger partial charge in [-0.25, -0.2) is 4.98 Å². The second-order valence-electron chi connectivity index (χ2n) is 3.89. The van der Waals surface area contributed by atoms with Gasteiger partial charge >= 0.3 is 0 Å². The minimum Gasteiger partial charge on any atom is -0.311 e. The van der Waals surface area contributed by atoms with Crippen LogP contribution in [0, 0.1) is 9.49 Å². The Morgan fingerprint density at radius 2 is 2.33 bits per heavy atom. The number of hydrogen-bond acceptors (Lipinski definition) is 2. The van der Waals surface area contributed by atoms with Gasteiger partial charge in [-0.15, -0.1) is 0 Å². The van der Waals surface area contributed by atoms with Crippen LogP contribution in [-0.2, 0) is 4.79 Å². The monoisotopic (exact) mass is 316 g/mol. The third kappa shape index (κ3) is 3.77. The highest BCUT2D eigenvalue weighted by molar-refractivity contribution is 14.1. The topological polar surface area (TPSA) is 42.0 Å². The van der Waals surface area contributed by atoms with Crippen LogP contribution in [0.15, 0.2) is 18.3 Å². The van der Waals surface area contributed by atoms with Gasteiger partial charge in [0.1, 0.15) is 5.82 Å². The number of nitrogens with zero attached hydrogens (tertiary/aromatic N) is 1. The Morgan fingerprint density at radius 3 is 2.93 bits per heavy atom. The van der Waals surface area contributed by atoms with E-state index < -0.39 is 0 Å². The zero-order chi connectivity index (χ0) is 10.7. The van der Waals surface area contributed by atoms with E-state index >= 15 is 0 Å². The van der Waals surface area contributed by atoms with Crippen molar-refractivity contribution in [2.24, 2.45) is 5.92 Å². The molecule has 1 amide bonds. The van der Waals surface area contributed by atoms with Crippen LogP contribution in [0.3, 0.4) is 0 Å². The summed E-state index contributed by atoms with van der Waals surface area (Å²) in [4.78, 5) is 15.6. The number of rotatable bonds is 4. The fraction of sp³-hybridized carbons (Fsp3) is 0.455. The van der Waals surface area contributed by atoms with Gasteiger partial charge in [0.2, 0.25) is 5.91 Å². The zero-order valence-electron chi connectivity index (χ0n) is 8.37. The smallest absolute Gasteiger partial charge is 0.225 e. The van der Waals surface area contributed by atoms with Crippen LogP contribution in [0.1, 0.15) is 25.7 Å². The minimum atomic E-state index is 0.0793. The van der Waals surface area contributed by atoms with Crippen molar-refractivity contribution in [3.63, 3.8) is 0 Å². The molecule has 2 rings (SSSR count). The molecule has 0 radical (unpaired) electrons. The number of carbonyl (C=O) groups excluding carboxylic acids is 1. The van der Waals surface area contributed by atoms with E-state index in [1.807, 2.05) is 12.1 Å². The summed E-state index contributed by atoms with van der Waals surface area (Å²) in [6.07, 6.45) is 6.00. The molecular weight excluding hydrogens is 303 g/mol. The average Bonchev–Trinajstić information content (AvgIpc) is 3.02. The lowest BCUT2D eigenvalue weighted by Gasteiger charge is -2.03. The van der Waals surface area contributed by atoms with Gasteiger partial charge in [0, 0.05) is 16.2 Å². The molecule has 1 fully saturated rings. The van der Waals surface area contributed by atoms with Crippen LogP contribution < -0.4 is 5.32 Å². The first-order valence-corrected chi connectivity index (χ1v) is 6.23. The second-order valence-corrected chi connectivity index (χ2v) is 5.14. The minimum absolute atomic E-state index is 0.0793. The van der Waals surface area contributed by atoms with Crippen molar-refractivity contribution in [1.29, 1.82) is 0 Å². The fourth-order valence-electron chi connectivity index (χ4n) is 1.40. The number of nitrogens with one attached hydrogen (secondary N) is 1. The van der Waals surface area contributed by atoms with E-state index in [9.17, 15) is 4.79 Å². The normalized spacial score (nSPS) is 15.0. The van der Waals surface area contributed by atoms with Gasteiger partial charge in [0.05, 0.1) is 0 Å². The van der Waals surface area contributed by atoms with Crippen molar-refractivity contribution in [2.45, 2.75) is 25.7 Å². The van der Waals surface area contributed by atoms with Gasteiger partial charge in [-0.3, -0.25) is 4.79 Å². The highest BCUT2D eigenvalue weighted by atomic mass is 127. The molecule has 15 heavy (non-hydrogen) atoms. The molecule has 1 aliphatic carbocycles. The maximum atomic E-state index is 11.5. The molecule has 0 bridgehead atoms. The molecule has 1 aliphatic rings. The van der Waals surface area contributed by atoms with Crippen molar-refractivity contribution >= 4 is 34.3 Å². The molecule has 0 saturated heterocycles. The molecule has 1 N–H and O–H groups in total. The van der Waals surface area contributed by atoms with Crippen molar-refractivity contribution < 1.29 is 4.79 Å². The molecule has 1 aromatic heterocycles. The SMILES string of the molecule is O=C(CCC1CC1)Nc1ccc(I)cn1. The number of carbonyl (C=O) groups is 1. The van der Waals surface area contributed by atoms with Crippen LogP contribution in [0.4, 0.5) is 5.82 Å². The Morgan fingerprint density at radius 1 is 1.53 bits per heavy atom. The molecule has 1 saturated carbocycles. The number of anilines is 1. The fourth-order valence-corrected chi connectivity index (χ4v) is 1.72. The van der Waals surface area contributed by atoms with Gasteiger partial charge in [0.15, 0.2) is 0 Å². The summed E-state index contributed by atoms with van der Waals surface area (Å²) in [7, 11) is 0. The average molecular weight is 316 g/mol. The van der Waals surface area contributed by atoms with E-state index in [2.05, 4.69) is 32.9 Å². The van der Waals surface area contributed by atoms with Gasteiger partial charge in [-0.2, -0.15) is 0 Å². The van der Waals surface area contributed by atoms with Crippen molar-refractivity contribution in [2.75, 3.05) is 5.32 Å². The molecular formula is C11H13IN2O. The third-order valence-electron chi connectivity index (χ3n) is 2.47. The van der Waals surface area contributed by atoms with E-state index in [1.54, 1.807) is 6.20 Å². The van der Waals surface area contributed by atoms with Gasteiger partial charge in [-0.1, -0.05) is 12.8 Å². The first kappa shape index (κ1) is 10.9. The number of hydrogen-bond donors (Lipinski definition) is 1. The predicted molar refractivity (Wildman–Crippen MR) is 67.5 cm³/mol. The van der Waals surface area contributed by atoms with Crippen LogP contribution in [-0.4, -0.2) is 10.9 Å². The highest BCUT2D eigenvalue weighted by Crippen LogP contribution is 2.33. The lowest BCUT2D eigenvalue weighted by molar-refractivity contribution is -0.116. The van der Waals surface area contributed by atoms with Gasteiger partial charge < -0.3 is 5.32 Å². The Kier molecular flexibility index (Phi) is 3.56. The molecule has 0 atom stereocenters. The summed E-state index contributed by atoms with van der Waals surface area (Å²) >= 11 is 2.19. The van der Waals surface area contributed by atoms with Gasteiger partial charge in [0.25, 0.3) is 0 Å². The van der Waals surface area contributed by atoms with Crippen LogP contribution in [0.25, 0.3) is 0 Å². The van der Waals surface area contributed by atoms with Crippen LogP contribution in [0.5, 0.6) is 0 Å². The zero-order valence-corrected chi connectivity index (χ0v) is 10.5. The Labute approximate surface area is 103 Å². The first-order valence-electron chi connectivity index (χ1n) is 5.15. The quantitative estimate of drug-likeness (QED) is 0.868. The van der Waals surface area contributed by atoms with E-state index in [0.29, 0.717) is 12.2 Å². The van der Waals surface area contributed by atoms with Gasteiger partial charge in [-0.05, 0) is 47.1 Å². The molecule has 1 aromatic rings. The van der Waals surface area contributed by atoms with Crippen LogP contribution in [0.2, 0.25) is 0 Å². The number of amides is 1. The van der Waals surface area contributed by atoms with E-state index in [1.165, 1.54) is 12.8 Å². The summed E-state index contributed by atoms with van der Waals surface area (Å²) in [6.45, 7) is 0. The summed E-state index contributed by atoms with van der Waals surface area (Å²) in [6, 6.07) is 3.76. The number of aromatic nitrogens is 1. The summed E-state index contributed by atoms with van der Waals surface area (Å²) in [5.41, 5.74) is 0. The van der Waals surface area contributed by atoms with Crippen molar-refractivity contribution in [3.05, 3.63) is 21.9 Å². The standard InChI is InChI=1S/C11H13IN2O/c12-9-4-5-10(13-7-9)14-11(15)6-3-8-1-2-8/h4-5,7-8H,1-3,6H2,(H,13,14,15). The number of halogens is 1. The lowest BCUT2D eigenvalue weighted by Crippen LogP contribution is -2.12. The molecule has 0 aliphatic heterocycles. The van der Waals surface area contributed by atoms with E-state index in [4.69, 9.17) is 0 Å². The first-order chi connectivity index (χ1) is 7.24. The van der Waals surface area contributed by atoms with Crippen molar-refractivity contribution in [1.82, 2.24) is 4.98 Å². The molecule has 3 nitrogen and oxygen atoms in total. The van der Waals surface area contributed by atoms with Crippen molar-refractivity contribution in [3.8, 4) is 0 Å². The highest BCUT2D eigenvalue weighted by Gasteiger charge is 2.21. The summed E-state index contributed by atoms with van der Waals surface area (Å²) < 4.78 is 1.07. The molecule has 1 heterocycles. The molecule has 80 valence electrons. The Hall–Kier alpha value is -0.650. The molecule has 0 spiro atoms. The predicted octanol–water partition coefficient (Wildman–Crippen LogP) is 2.81.